The topological polar surface area (TPSA) is 78.9 Å². The molecule has 0 saturated heterocycles. The molecule has 0 aliphatic heterocycles. The number of carbonyl (C=O) groups excluding carboxylic acids is 3. The highest BCUT2D eigenvalue weighted by Gasteiger charge is 2.19. The Bertz CT molecular complexity index is 958. The van der Waals surface area contributed by atoms with E-state index in [0.29, 0.717) is 19.3 Å². The van der Waals surface area contributed by atoms with E-state index >= 15 is 0 Å². The van der Waals surface area contributed by atoms with Crippen LogP contribution in [0.5, 0.6) is 0 Å². The maximum atomic E-state index is 12.7. The van der Waals surface area contributed by atoms with Crippen LogP contribution in [0.2, 0.25) is 0 Å². The molecule has 0 aliphatic rings. The maximum absolute atomic E-state index is 12.7. The molecule has 0 rings (SSSR count). The number of hydrogen-bond donors (Lipinski definition) is 0. The highest BCUT2D eigenvalue weighted by molar-refractivity contribution is 5.71. The molecule has 0 aromatic rings. The van der Waals surface area contributed by atoms with E-state index < -0.39 is 6.10 Å². The zero-order chi connectivity index (χ0) is 43.0. The molecule has 0 fully saturated rings. The molecule has 0 spiro atoms. The smallest absolute Gasteiger partial charge is 0.306 e. The van der Waals surface area contributed by atoms with Crippen LogP contribution in [0.4, 0.5) is 0 Å². The lowest BCUT2D eigenvalue weighted by atomic mass is 10.0. The standard InChI is InChI=1S/C53H98O6/c1-4-7-10-13-15-17-19-21-23-24-25-26-27-28-30-31-33-35-37-40-43-46-52(55)58-49-50(48-57-51(54)45-42-39-12-9-6-3)59-53(56)47-44-41-38-36-34-32-29-22-20-18-16-14-11-8-5-2/h19,21,24-25,50H,4-18,20,22-23,26-49H2,1-3H3/b21-19-,25-24-. The molecule has 0 saturated carbocycles. The number of rotatable bonds is 47. The van der Waals surface area contributed by atoms with Crippen molar-refractivity contribution in [1.82, 2.24) is 0 Å². The van der Waals surface area contributed by atoms with Gasteiger partial charge in [-0.1, -0.05) is 231 Å². The minimum absolute atomic E-state index is 0.0701. The lowest BCUT2D eigenvalue weighted by molar-refractivity contribution is -0.167. The fraction of sp³-hybridized carbons (Fsp3) is 0.868. The molecule has 0 heterocycles. The van der Waals surface area contributed by atoms with Crippen molar-refractivity contribution >= 4 is 17.9 Å². The second-order valence-electron chi connectivity index (χ2n) is 17.4. The maximum Gasteiger partial charge on any atom is 0.306 e. The van der Waals surface area contributed by atoms with E-state index in [1.54, 1.807) is 0 Å². The Morgan fingerprint density at radius 1 is 0.339 bits per heavy atom. The summed E-state index contributed by atoms with van der Waals surface area (Å²) >= 11 is 0. The monoisotopic (exact) mass is 831 g/mol. The third-order valence-electron chi connectivity index (χ3n) is 11.5. The molecule has 0 aromatic heterocycles. The molecule has 0 N–H and O–H groups in total. The third kappa shape index (κ3) is 46.8. The van der Waals surface area contributed by atoms with Gasteiger partial charge in [-0.2, -0.15) is 0 Å². The van der Waals surface area contributed by atoms with E-state index in [-0.39, 0.29) is 31.1 Å². The van der Waals surface area contributed by atoms with Gasteiger partial charge in [0.1, 0.15) is 13.2 Å². The minimum atomic E-state index is -0.764. The number of ether oxygens (including phenoxy) is 3. The predicted molar refractivity (Wildman–Crippen MR) is 252 cm³/mol. The van der Waals surface area contributed by atoms with E-state index in [4.69, 9.17) is 14.2 Å². The van der Waals surface area contributed by atoms with Crippen LogP contribution < -0.4 is 0 Å². The average Bonchev–Trinajstić information content (AvgIpc) is 3.23. The van der Waals surface area contributed by atoms with Crippen molar-refractivity contribution in [2.75, 3.05) is 13.2 Å². The van der Waals surface area contributed by atoms with Gasteiger partial charge < -0.3 is 14.2 Å². The molecular formula is C53H98O6. The second-order valence-corrected chi connectivity index (χ2v) is 17.4. The molecule has 0 bridgehead atoms. The van der Waals surface area contributed by atoms with Crippen molar-refractivity contribution in [3.8, 4) is 0 Å². The summed E-state index contributed by atoms with van der Waals surface area (Å²) in [5, 5.41) is 0. The molecular weight excluding hydrogens is 733 g/mol. The molecule has 1 unspecified atom stereocenters. The first kappa shape index (κ1) is 56.9. The van der Waals surface area contributed by atoms with Gasteiger partial charge in [0, 0.05) is 19.3 Å². The van der Waals surface area contributed by atoms with E-state index in [9.17, 15) is 14.4 Å². The molecule has 346 valence electrons. The Morgan fingerprint density at radius 3 is 0.932 bits per heavy atom. The van der Waals surface area contributed by atoms with E-state index in [2.05, 4.69) is 45.1 Å². The van der Waals surface area contributed by atoms with Crippen molar-refractivity contribution in [3.63, 3.8) is 0 Å². The first-order valence-electron chi connectivity index (χ1n) is 25.8. The van der Waals surface area contributed by atoms with Crippen LogP contribution >= 0.6 is 0 Å². The van der Waals surface area contributed by atoms with Crippen molar-refractivity contribution in [1.29, 1.82) is 0 Å². The highest BCUT2D eigenvalue weighted by Crippen LogP contribution is 2.16. The quantitative estimate of drug-likeness (QED) is 0.0263. The van der Waals surface area contributed by atoms with Crippen molar-refractivity contribution in [2.24, 2.45) is 0 Å². The molecule has 0 radical (unpaired) electrons. The van der Waals surface area contributed by atoms with Gasteiger partial charge in [-0.05, 0) is 51.4 Å². The first-order chi connectivity index (χ1) is 29.0. The summed E-state index contributed by atoms with van der Waals surface area (Å²) in [5.74, 6) is -0.875. The number of unbranched alkanes of at least 4 members (excludes halogenated alkanes) is 32. The fourth-order valence-corrected chi connectivity index (χ4v) is 7.53. The van der Waals surface area contributed by atoms with Crippen molar-refractivity contribution in [3.05, 3.63) is 24.3 Å². The SMILES string of the molecule is CCCCCCC/C=C\C/C=C\CCCCCCCCCCCC(=O)OCC(COC(=O)CCCCCCC)OC(=O)CCCCCCCCCCCCCCCCC. The molecule has 6 nitrogen and oxygen atoms in total. The number of esters is 3. The first-order valence-corrected chi connectivity index (χ1v) is 25.8. The normalized spacial score (nSPS) is 12.1. The zero-order valence-corrected chi connectivity index (χ0v) is 39.5. The fourth-order valence-electron chi connectivity index (χ4n) is 7.53. The average molecular weight is 831 g/mol. The van der Waals surface area contributed by atoms with E-state index in [1.807, 2.05) is 0 Å². The second kappa shape index (κ2) is 48.6. The molecule has 1 atom stereocenters. The number of carbonyl (C=O) groups is 3. The van der Waals surface area contributed by atoms with Gasteiger partial charge in [0.15, 0.2) is 6.10 Å². The summed E-state index contributed by atoms with van der Waals surface area (Å²) in [6.07, 6.45) is 54.8. The predicted octanol–water partition coefficient (Wildman–Crippen LogP) is 16.8. The van der Waals surface area contributed by atoms with Crippen LogP contribution in [0.25, 0.3) is 0 Å². The number of hydrogen-bond acceptors (Lipinski definition) is 6. The van der Waals surface area contributed by atoms with Crippen molar-refractivity contribution < 1.29 is 28.6 Å². The van der Waals surface area contributed by atoms with Crippen molar-refractivity contribution in [2.45, 2.75) is 284 Å². The van der Waals surface area contributed by atoms with Gasteiger partial charge in [-0.25, -0.2) is 0 Å². The van der Waals surface area contributed by atoms with Crippen LogP contribution in [0, 0.1) is 0 Å². The number of allylic oxidation sites excluding steroid dienone is 4. The van der Waals surface area contributed by atoms with Crippen LogP contribution in [0.3, 0.4) is 0 Å². The lowest BCUT2D eigenvalue weighted by Gasteiger charge is -2.18. The summed E-state index contributed by atoms with van der Waals surface area (Å²) in [6, 6.07) is 0. The van der Waals surface area contributed by atoms with Crippen LogP contribution in [0.15, 0.2) is 24.3 Å². The Hall–Kier alpha value is -2.11. The summed E-state index contributed by atoms with van der Waals surface area (Å²) in [6.45, 7) is 6.57. The zero-order valence-electron chi connectivity index (χ0n) is 39.5. The Balaban J connectivity index is 4.11. The van der Waals surface area contributed by atoms with E-state index in [1.165, 1.54) is 167 Å². The lowest BCUT2D eigenvalue weighted by Crippen LogP contribution is -2.30. The van der Waals surface area contributed by atoms with Gasteiger partial charge in [-0.3, -0.25) is 14.4 Å². The molecule has 0 aliphatic carbocycles. The molecule has 6 heteroatoms. The van der Waals surface area contributed by atoms with Crippen LogP contribution in [-0.2, 0) is 28.6 Å². The van der Waals surface area contributed by atoms with Gasteiger partial charge in [0.05, 0.1) is 0 Å². The largest absolute Gasteiger partial charge is 0.462 e. The van der Waals surface area contributed by atoms with Gasteiger partial charge in [0.25, 0.3) is 0 Å². The Kier molecular flexibility index (Phi) is 46.8. The summed E-state index contributed by atoms with van der Waals surface area (Å²) in [4.78, 5) is 37.6. The molecule has 0 aromatic carbocycles. The molecule has 0 amide bonds. The molecule has 59 heavy (non-hydrogen) atoms. The van der Waals surface area contributed by atoms with Gasteiger partial charge >= 0.3 is 17.9 Å². The van der Waals surface area contributed by atoms with Crippen LogP contribution in [0.1, 0.15) is 278 Å². The summed E-state index contributed by atoms with van der Waals surface area (Å²) in [7, 11) is 0. The van der Waals surface area contributed by atoms with E-state index in [0.717, 1.165) is 70.6 Å². The van der Waals surface area contributed by atoms with Gasteiger partial charge in [0.2, 0.25) is 0 Å². The third-order valence-corrected chi connectivity index (χ3v) is 11.5. The summed E-state index contributed by atoms with van der Waals surface area (Å²) < 4.78 is 16.7. The minimum Gasteiger partial charge on any atom is -0.462 e. The summed E-state index contributed by atoms with van der Waals surface area (Å²) in [5.41, 5.74) is 0. The Morgan fingerprint density at radius 2 is 0.610 bits per heavy atom. The van der Waals surface area contributed by atoms with Crippen LogP contribution in [-0.4, -0.2) is 37.2 Å². The Labute approximate surface area is 366 Å². The highest BCUT2D eigenvalue weighted by atomic mass is 16.6. The van der Waals surface area contributed by atoms with Gasteiger partial charge in [-0.15, -0.1) is 0 Å².